The molecule has 0 unspecified atom stereocenters. The SMILES string of the molecule is CCOC(=O)c1ccc(Oc2ccnc3cc(Cl)ccc23)s1.NCc1ccco1.O=C(NCc1ccco1)c1ccc(Oc2ccnc3cc(Cl)ccc23)s1. The van der Waals surface area contributed by atoms with E-state index in [1.165, 1.54) is 22.7 Å². The maximum Gasteiger partial charge on any atom is 0.348 e. The summed E-state index contributed by atoms with van der Waals surface area (Å²) in [6.07, 6.45) is 6.51. The number of rotatable bonds is 10. The van der Waals surface area contributed by atoms with Gasteiger partial charge in [0, 0.05) is 33.2 Å². The molecule has 2 aromatic carbocycles. The molecule has 11 nitrogen and oxygen atoms in total. The van der Waals surface area contributed by atoms with E-state index in [1.807, 2.05) is 30.3 Å². The van der Waals surface area contributed by atoms with E-state index in [-0.39, 0.29) is 11.9 Å². The molecule has 55 heavy (non-hydrogen) atoms. The van der Waals surface area contributed by atoms with Gasteiger partial charge < -0.3 is 34.1 Å². The number of carbonyl (C=O) groups excluding carboxylic acids is 2. The predicted octanol–water partition coefficient (Wildman–Crippen LogP) is 10.9. The lowest BCUT2D eigenvalue weighted by molar-refractivity contribution is 0.0532. The molecule has 8 rings (SSSR count). The fraction of sp³-hybridized carbons (Fsp3) is 0.100. The molecule has 15 heteroatoms. The molecule has 8 aromatic rings. The average molecular weight is 816 g/mol. The molecule has 6 aromatic heterocycles. The Balaban J connectivity index is 0.000000161. The number of pyridine rings is 2. The molecule has 0 bridgehead atoms. The van der Waals surface area contributed by atoms with E-state index in [9.17, 15) is 9.59 Å². The molecular weight excluding hydrogens is 784 g/mol. The van der Waals surface area contributed by atoms with E-state index < -0.39 is 0 Å². The van der Waals surface area contributed by atoms with Crippen LogP contribution in [0.5, 0.6) is 21.6 Å². The first-order chi connectivity index (χ1) is 26.8. The van der Waals surface area contributed by atoms with Gasteiger partial charge in [-0.15, -0.1) is 0 Å². The highest BCUT2D eigenvalue weighted by Crippen LogP contribution is 2.35. The Hall–Kier alpha value is -5.70. The van der Waals surface area contributed by atoms with Gasteiger partial charge in [0.05, 0.1) is 48.1 Å². The number of aromatic nitrogens is 2. The quantitative estimate of drug-likeness (QED) is 0.128. The van der Waals surface area contributed by atoms with Crippen molar-refractivity contribution in [2.75, 3.05) is 6.61 Å². The lowest BCUT2D eigenvalue weighted by Gasteiger charge is -2.06. The van der Waals surface area contributed by atoms with Gasteiger partial charge in [-0.25, -0.2) is 4.79 Å². The fourth-order valence-electron chi connectivity index (χ4n) is 4.87. The first-order valence-electron chi connectivity index (χ1n) is 16.6. The summed E-state index contributed by atoms with van der Waals surface area (Å²) >= 11 is 14.5. The van der Waals surface area contributed by atoms with Crippen molar-refractivity contribution < 1.29 is 32.6 Å². The van der Waals surface area contributed by atoms with Crippen molar-refractivity contribution in [3.8, 4) is 21.6 Å². The zero-order valence-corrected chi connectivity index (χ0v) is 32.2. The molecule has 0 fully saturated rings. The number of benzene rings is 2. The molecule has 3 N–H and O–H groups in total. The number of amides is 1. The van der Waals surface area contributed by atoms with Crippen molar-refractivity contribution in [2.45, 2.75) is 20.0 Å². The van der Waals surface area contributed by atoms with Gasteiger partial charge in [0.15, 0.2) is 10.1 Å². The van der Waals surface area contributed by atoms with Crippen LogP contribution in [-0.2, 0) is 17.8 Å². The van der Waals surface area contributed by atoms with Crippen LogP contribution in [0.2, 0.25) is 10.0 Å². The molecule has 0 aliphatic heterocycles. The summed E-state index contributed by atoms with van der Waals surface area (Å²) in [5.74, 6) is 2.35. The van der Waals surface area contributed by atoms with Crippen LogP contribution < -0.4 is 20.5 Å². The Morgan fingerprint density at radius 2 is 1.27 bits per heavy atom. The zero-order chi connectivity index (χ0) is 38.6. The number of nitrogens with one attached hydrogen (secondary N) is 1. The van der Waals surface area contributed by atoms with Crippen LogP contribution in [0.1, 0.15) is 37.8 Å². The van der Waals surface area contributed by atoms with E-state index in [0.29, 0.717) is 66.9 Å². The fourth-order valence-corrected chi connectivity index (χ4v) is 6.75. The number of hydrogen-bond donors (Lipinski definition) is 2. The van der Waals surface area contributed by atoms with Crippen molar-refractivity contribution in [2.24, 2.45) is 5.73 Å². The van der Waals surface area contributed by atoms with E-state index >= 15 is 0 Å². The predicted molar refractivity (Wildman–Crippen MR) is 215 cm³/mol. The summed E-state index contributed by atoms with van der Waals surface area (Å²) < 4.78 is 26.8. The van der Waals surface area contributed by atoms with Gasteiger partial charge in [0.2, 0.25) is 0 Å². The first-order valence-corrected chi connectivity index (χ1v) is 19.0. The topological polar surface area (TPSA) is 152 Å². The van der Waals surface area contributed by atoms with E-state index in [4.69, 9.17) is 52.0 Å². The Labute approximate surface area is 333 Å². The van der Waals surface area contributed by atoms with E-state index in [0.717, 1.165) is 27.6 Å². The minimum atomic E-state index is -0.339. The Bertz CT molecular complexity index is 2480. The van der Waals surface area contributed by atoms with Crippen LogP contribution in [-0.4, -0.2) is 28.5 Å². The summed E-state index contributed by atoms with van der Waals surface area (Å²) in [6.45, 7) is 2.96. The third kappa shape index (κ3) is 10.7. The van der Waals surface area contributed by atoms with Crippen molar-refractivity contribution in [3.05, 3.63) is 153 Å². The van der Waals surface area contributed by atoms with Crippen molar-refractivity contribution in [3.63, 3.8) is 0 Å². The number of carbonyl (C=O) groups is 2. The van der Waals surface area contributed by atoms with Crippen LogP contribution in [0.15, 0.2) is 131 Å². The minimum Gasteiger partial charge on any atom is -0.468 e. The highest BCUT2D eigenvalue weighted by molar-refractivity contribution is 7.16. The third-order valence-electron chi connectivity index (χ3n) is 7.40. The number of nitrogens with zero attached hydrogens (tertiary/aromatic N) is 2. The van der Waals surface area contributed by atoms with Crippen LogP contribution >= 0.6 is 45.9 Å². The molecule has 0 aliphatic carbocycles. The number of thiophene rings is 2. The zero-order valence-electron chi connectivity index (χ0n) is 29.1. The minimum absolute atomic E-state index is 0.174. The highest BCUT2D eigenvalue weighted by atomic mass is 35.5. The highest BCUT2D eigenvalue weighted by Gasteiger charge is 2.14. The van der Waals surface area contributed by atoms with Crippen molar-refractivity contribution in [1.82, 2.24) is 15.3 Å². The number of furan rings is 2. The van der Waals surface area contributed by atoms with Gasteiger partial charge >= 0.3 is 5.97 Å². The molecular formula is C40H32Cl2N4O7S2. The second kappa shape index (κ2) is 19.1. The van der Waals surface area contributed by atoms with Crippen LogP contribution in [0.3, 0.4) is 0 Å². The second-order valence-corrected chi connectivity index (χ2v) is 14.1. The smallest absolute Gasteiger partial charge is 0.348 e. The normalized spacial score (nSPS) is 10.5. The Kier molecular flexibility index (Phi) is 13.5. The van der Waals surface area contributed by atoms with Crippen LogP contribution in [0.4, 0.5) is 0 Å². The molecule has 0 radical (unpaired) electrons. The number of halogens is 2. The second-order valence-electron chi connectivity index (χ2n) is 11.1. The summed E-state index contributed by atoms with van der Waals surface area (Å²) in [5, 5.41) is 7.01. The standard InChI is InChI=1S/C19H13ClN2O3S.C16H12ClNO3S.C5H7NO/c20-12-3-4-14-15(10-12)21-8-7-16(14)25-18-6-5-17(26-18)19(23)22-11-13-2-1-9-24-13;1-2-20-16(19)14-5-6-15(22-14)21-13-7-8-18-12-9-10(17)3-4-11(12)13;6-4-5-2-1-3-7-5/h1-10H,11H2,(H,22,23);3-9H,2H2,1H3;1-3H,4,6H2. The maximum absolute atomic E-state index is 12.2. The molecule has 1 amide bonds. The summed E-state index contributed by atoms with van der Waals surface area (Å²) in [6, 6.07) is 28.6. The average Bonchev–Trinajstić information content (AvgIpc) is 4.04. The maximum atomic E-state index is 12.2. The molecule has 0 saturated heterocycles. The number of ether oxygens (including phenoxy) is 3. The van der Waals surface area contributed by atoms with Gasteiger partial charge in [-0.3, -0.25) is 14.8 Å². The third-order valence-corrected chi connectivity index (χ3v) is 9.77. The summed E-state index contributed by atoms with van der Waals surface area (Å²) in [7, 11) is 0. The number of nitrogens with two attached hydrogens (primary N) is 1. The van der Waals surface area contributed by atoms with Gasteiger partial charge in [-0.05, 0) is 104 Å². The first kappa shape index (κ1) is 39.0. The van der Waals surface area contributed by atoms with Crippen molar-refractivity contribution in [1.29, 1.82) is 0 Å². The van der Waals surface area contributed by atoms with Gasteiger partial charge in [0.1, 0.15) is 27.9 Å². The van der Waals surface area contributed by atoms with Gasteiger partial charge in [-0.2, -0.15) is 0 Å². The summed E-state index contributed by atoms with van der Waals surface area (Å²) in [4.78, 5) is 33.5. The van der Waals surface area contributed by atoms with Crippen LogP contribution in [0.25, 0.3) is 21.8 Å². The number of esters is 1. The Morgan fingerprint density at radius 1 is 0.727 bits per heavy atom. The number of hydrogen-bond acceptors (Lipinski definition) is 12. The van der Waals surface area contributed by atoms with E-state index in [1.54, 1.807) is 98.6 Å². The molecule has 0 atom stereocenters. The van der Waals surface area contributed by atoms with Gasteiger partial charge in [-0.1, -0.05) is 45.9 Å². The molecule has 0 spiro atoms. The molecule has 6 heterocycles. The number of fused-ring (bicyclic) bond motifs is 2. The van der Waals surface area contributed by atoms with Gasteiger partial charge in [0.25, 0.3) is 5.91 Å². The van der Waals surface area contributed by atoms with E-state index in [2.05, 4.69) is 15.3 Å². The largest absolute Gasteiger partial charge is 0.468 e. The van der Waals surface area contributed by atoms with Crippen LogP contribution in [0, 0.1) is 0 Å². The lowest BCUT2D eigenvalue weighted by Crippen LogP contribution is -2.21. The Morgan fingerprint density at radius 3 is 1.78 bits per heavy atom. The molecule has 0 saturated carbocycles. The molecule has 280 valence electrons. The van der Waals surface area contributed by atoms with Crippen molar-refractivity contribution >= 4 is 79.6 Å². The monoisotopic (exact) mass is 814 g/mol. The summed E-state index contributed by atoms with van der Waals surface area (Å²) in [5.41, 5.74) is 6.71. The molecule has 0 aliphatic rings. The lowest BCUT2D eigenvalue weighted by atomic mass is 10.2.